The summed E-state index contributed by atoms with van der Waals surface area (Å²) in [7, 11) is 0. The average molecular weight is 385 g/mol. The molecule has 3 rings (SSSR count). The number of hydrogen-bond donors (Lipinski definition) is 0. The van der Waals surface area contributed by atoms with E-state index in [1.807, 2.05) is 0 Å². The number of rotatable bonds is 8. The SMILES string of the molecule is N#CC(C#N)=C1N(CCCN2CCCCCC2)CCN1CCCN1CCCC1. The Bertz CT molecular complexity index is 571. The lowest BCUT2D eigenvalue weighted by atomic mass is 10.2. The summed E-state index contributed by atoms with van der Waals surface area (Å²) in [5.74, 6) is 0.891. The third-order valence-electron chi connectivity index (χ3n) is 6.39. The highest BCUT2D eigenvalue weighted by atomic mass is 15.4. The lowest BCUT2D eigenvalue weighted by Crippen LogP contribution is -2.31. The van der Waals surface area contributed by atoms with Gasteiger partial charge in [-0.05, 0) is 77.8 Å². The summed E-state index contributed by atoms with van der Waals surface area (Å²) in [6, 6.07) is 4.30. The lowest BCUT2D eigenvalue weighted by molar-refractivity contribution is 0.255. The number of nitrogens with zero attached hydrogens (tertiary/aromatic N) is 6. The van der Waals surface area contributed by atoms with E-state index in [2.05, 4.69) is 31.7 Å². The molecule has 0 amide bonds. The van der Waals surface area contributed by atoms with Crippen molar-refractivity contribution in [1.29, 1.82) is 10.5 Å². The predicted octanol–water partition coefficient (Wildman–Crippen LogP) is 2.61. The Labute approximate surface area is 171 Å². The number of likely N-dealkylation sites (tertiary alicyclic amines) is 2. The molecule has 6 nitrogen and oxygen atoms in total. The molecular formula is C22H36N6. The summed E-state index contributed by atoms with van der Waals surface area (Å²) >= 11 is 0. The van der Waals surface area contributed by atoms with Gasteiger partial charge in [-0.15, -0.1) is 0 Å². The van der Waals surface area contributed by atoms with Crippen molar-refractivity contribution < 1.29 is 0 Å². The van der Waals surface area contributed by atoms with Crippen LogP contribution in [-0.4, -0.2) is 85.0 Å². The number of allylic oxidation sites excluding steroid dienone is 1. The standard InChI is InChI=1S/C22H36N6/c23-19-21(20-24)22-27(15-7-13-25-9-3-1-2-4-10-25)17-18-28(22)16-8-14-26-11-5-6-12-26/h1-18H2. The maximum atomic E-state index is 9.48. The molecule has 0 aliphatic carbocycles. The first-order valence-electron chi connectivity index (χ1n) is 11.3. The highest BCUT2D eigenvalue weighted by Crippen LogP contribution is 2.23. The van der Waals surface area contributed by atoms with E-state index >= 15 is 0 Å². The van der Waals surface area contributed by atoms with Gasteiger partial charge >= 0.3 is 0 Å². The second-order valence-electron chi connectivity index (χ2n) is 8.41. The smallest absolute Gasteiger partial charge is 0.169 e. The summed E-state index contributed by atoms with van der Waals surface area (Å²) in [6.07, 6.45) is 10.3. The fraction of sp³-hybridized carbons (Fsp3) is 0.818. The molecule has 3 heterocycles. The van der Waals surface area contributed by atoms with Crippen LogP contribution in [0.15, 0.2) is 11.4 Å². The van der Waals surface area contributed by atoms with Crippen molar-refractivity contribution in [2.24, 2.45) is 0 Å². The Morgan fingerprint density at radius 2 is 1.04 bits per heavy atom. The largest absolute Gasteiger partial charge is 0.355 e. The monoisotopic (exact) mass is 384 g/mol. The van der Waals surface area contributed by atoms with Crippen molar-refractivity contribution in [3.05, 3.63) is 11.4 Å². The maximum Gasteiger partial charge on any atom is 0.169 e. The molecule has 0 spiro atoms. The van der Waals surface area contributed by atoms with Gasteiger partial charge in [-0.25, -0.2) is 0 Å². The van der Waals surface area contributed by atoms with Gasteiger partial charge in [0.15, 0.2) is 5.57 Å². The zero-order chi connectivity index (χ0) is 19.6. The van der Waals surface area contributed by atoms with Gasteiger partial charge in [-0.3, -0.25) is 0 Å². The summed E-state index contributed by atoms with van der Waals surface area (Å²) < 4.78 is 0. The van der Waals surface area contributed by atoms with Gasteiger partial charge in [0, 0.05) is 26.2 Å². The molecule has 0 saturated carbocycles. The molecule has 6 heteroatoms. The highest BCUT2D eigenvalue weighted by molar-refractivity contribution is 5.40. The van der Waals surface area contributed by atoms with Gasteiger partial charge in [-0.2, -0.15) is 10.5 Å². The van der Waals surface area contributed by atoms with Crippen molar-refractivity contribution >= 4 is 0 Å². The van der Waals surface area contributed by atoms with Gasteiger partial charge < -0.3 is 19.6 Å². The van der Waals surface area contributed by atoms with E-state index in [0.29, 0.717) is 0 Å². The first-order valence-corrected chi connectivity index (χ1v) is 11.3. The minimum Gasteiger partial charge on any atom is -0.355 e. The first kappa shape index (κ1) is 21.0. The topological polar surface area (TPSA) is 60.5 Å². The van der Waals surface area contributed by atoms with Gasteiger partial charge in [0.25, 0.3) is 0 Å². The van der Waals surface area contributed by atoms with Crippen LogP contribution in [0, 0.1) is 22.7 Å². The highest BCUT2D eigenvalue weighted by Gasteiger charge is 2.28. The van der Waals surface area contributed by atoms with Crippen molar-refractivity contribution in [2.45, 2.75) is 51.4 Å². The van der Waals surface area contributed by atoms with Crippen LogP contribution < -0.4 is 0 Å². The zero-order valence-corrected chi connectivity index (χ0v) is 17.4. The normalized spacial score (nSPS) is 21.6. The molecule has 0 bridgehead atoms. The van der Waals surface area contributed by atoms with Crippen LogP contribution >= 0.6 is 0 Å². The van der Waals surface area contributed by atoms with Crippen molar-refractivity contribution in [3.63, 3.8) is 0 Å². The lowest BCUT2D eigenvalue weighted by Gasteiger charge is -2.27. The number of hydrogen-bond acceptors (Lipinski definition) is 6. The molecule has 3 saturated heterocycles. The van der Waals surface area contributed by atoms with Crippen molar-refractivity contribution in [2.75, 3.05) is 65.4 Å². The van der Waals surface area contributed by atoms with Crippen LogP contribution in [0.4, 0.5) is 0 Å². The maximum absolute atomic E-state index is 9.48. The molecule has 154 valence electrons. The Hall–Kier alpha value is -1.76. The first-order chi connectivity index (χ1) is 13.8. The van der Waals surface area contributed by atoms with Gasteiger partial charge in [-0.1, -0.05) is 12.8 Å². The third-order valence-corrected chi connectivity index (χ3v) is 6.39. The second kappa shape index (κ2) is 11.3. The second-order valence-corrected chi connectivity index (χ2v) is 8.41. The van der Waals surface area contributed by atoms with E-state index in [9.17, 15) is 10.5 Å². The van der Waals surface area contributed by atoms with E-state index in [1.54, 1.807) is 0 Å². The van der Waals surface area contributed by atoms with Crippen LogP contribution in [-0.2, 0) is 0 Å². The molecule has 3 fully saturated rings. The van der Waals surface area contributed by atoms with Crippen molar-refractivity contribution in [3.8, 4) is 12.1 Å². The summed E-state index contributed by atoms with van der Waals surface area (Å²) in [5, 5.41) is 19.0. The molecule has 0 radical (unpaired) electrons. The number of nitriles is 2. The Kier molecular flexibility index (Phi) is 8.45. The van der Waals surface area contributed by atoms with Crippen LogP contribution in [0.5, 0.6) is 0 Å². The Balaban J connectivity index is 1.50. The van der Waals surface area contributed by atoms with E-state index < -0.39 is 0 Å². The molecule has 0 atom stereocenters. The van der Waals surface area contributed by atoms with E-state index in [4.69, 9.17) is 0 Å². The van der Waals surface area contributed by atoms with Crippen LogP contribution in [0.2, 0.25) is 0 Å². The average Bonchev–Trinajstić information content (AvgIpc) is 3.28. The van der Waals surface area contributed by atoms with Gasteiger partial charge in [0.2, 0.25) is 0 Å². The molecule has 0 aromatic rings. The fourth-order valence-corrected chi connectivity index (χ4v) is 4.87. The van der Waals surface area contributed by atoms with Crippen molar-refractivity contribution in [1.82, 2.24) is 19.6 Å². The predicted molar refractivity (Wildman–Crippen MR) is 111 cm³/mol. The van der Waals surface area contributed by atoms with Gasteiger partial charge in [0.1, 0.15) is 18.0 Å². The fourth-order valence-electron chi connectivity index (χ4n) is 4.87. The molecular weight excluding hydrogens is 348 g/mol. The van der Waals surface area contributed by atoms with E-state index in [1.165, 1.54) is 64.7 Å². The summed E-state index contributed by atoms with van der Waals surface area (Å²) in [5.41, 5.74) is 0.286. The Morgan fingerprint density at radius 1 is 0.607 bits per heavy atom. The summed E-state index contributed by atoms with van der Waals surface area (Å²) in [4.78, 5) is 9.70. The molecule has 0 N–H and O–H groups in total. The summed E-state index contributed by atoms with van der Waals surface area (Å²) in [6.45, 7) is 10.9. The molecule has 28 heavy (non-hydrogen) atoms. The minimum absolute atomic E-state index is 0.286. The van der Waals surface area contributed by atoms with E-state index in [0.717, 1.165) is 57.9 Å². The quantitative estimate of drug-likeness (QED) is 0.600. The molecule has 3 aliphatic heterocycles. The molecule has 3 aliphatic rings. The minimum atomic E-state index is 0.286. The molecule has 0 unspecified atom stereocenters. The van der Waals surface area contributed by atoms with Crippen LogP contribution in [0.1, 0.15) is 51.4 Å². The van der Waals surface area contributed by atoms with Gasteiger partial charge in [0.05, 0.1) is 0 Å². The Morgan fingerprint density at radius 3 is 1.46 bits per heavy atom. The van der Waals surface area contributed by atoms with E-state index in [-0.39, 0.29) is 5.57 Å². The molecule has 0 aromatic carbocycles. The van der Waals surface area contributed by atoms with Crippen LogP contribution in [0.25, 0.3) is 0 Å². The molecule has 0 aromatic heterocycles. The van der Waals surface area contributed by atoms with Crippen LogP contribution in [0.3, 0.4) is 0 Å². The zero-order valence-electron chi connectivity index (χ0n) is 17.4. The third kappa shape index (κ3) is 5.87.